The molecule has 0 amide bonds. The number of primary sulfonamides is 1. The van der Waals surface area contributed by atoms with E-state index in [4.69, 9.17) is 5.14 Å². The van der Waals surface area contributed by atoms with Crippen LogP contribution in [0, 0.1) is 0 Å². The maximum absolute atomic E-state index is 11.4. The lowest BCUT2D eigenvalue weighted by atomic mass is 9.84. The number of sulfonamides is 1. The van der Waals surface area contributed by atoms with E-state index in [0.717, 1.165) is 17.5 Å². The highest BCUT2D eigenvalue weighted by Gasteiger charge is 2.31. The fourth-order valence-corrected chi connectivity index (χ4v) is 3.34. The average Bonchev–Trinajstić information content (AvgIpc) is 2.17. The Morgan fingerprint density at radius 1 is 1.20 bits per heavy atom. The predicted octanol–water partition coefficient (Wildman–Crippen LogP) is 1.91. The summed E-state index contributed by atoms with van der Waals surface area (Å²) in [6.45, 7) is 2.12. The van der Waals surface area contributed by atoms with Crippen LogP contribution in [0.4, 0.5) is 0 Å². The molecule has 1 aliphatic rings. The standard InChI is InChI=1S/C11H15NO2S/c1-8-6-7-11(15(12,13)14)10-5-3-2-4-9(8)10/h2-5,8,11H,6-7H2,1H3,(H2,12,13,14). The van der Waals surface area contributed by atoms with E-state index in [2.05, 4.69) is 6.92 Å². The zero-order valence-electron chi connectivity index (χ0n) is 8.68. The zero-order valence-corrected chi connectivity index (χ0v) is 9.50. The van der Waals surface area contributed by atoms with Gasteiger partial charge in [0.25, 0.3) is 0 Å². The topological polar surface area (TPSA) is 60.2 Å². The number of nitrogens with two attached hydrogens (primary N) is 1. The molecule has 0 fully saturated rings. The minimum atomic E-state index is -3.46. The van der Waals surface area contributed by atoms with E-state index in [1.54, 1.807) is 0 Å². The van der Waals surface area contributed by atoms with Crippen molar-refractivity contribution in [1.82, 2.24) is 0 Å². The highest BCUT2D eigenvalue weighted by Crippen LogP contribution is 2.40. The minimum absolute atomic E-state index is 0.430. The molecule has 1 aromatic rings. The van der Waals surface area contributed by atoms with Crippen LogP contribution in [0.1, 0.15) is 42.1 Å². The van der Waals surface area contributed by atoms with Crippen LogP contribution in [-0.4, -0.2) is 8.42 Å². The highest BCUT2D eigenvalue weighted by atomic mass is 32.2. The molecule has 0 spiro atoms. The summed E-state index contributed by atoms with van der Waals surface area (Å²) in [4.78, 5) is 0. The van der Waals surface area contributed by atoms with Crippen molar-refractivity contribution in [3.05, 3.63) is 35.4 Å². The number of hydrogen-bond donors (Lipinski definition) is 1. The van der Waals surface area contributed by atoms with Gasteiger partial charge in [-0.2, -0.15) is 0 Å². The van der Waals surface area contributed by atoms with E-state index in [0.29, 0.717) is 12.3 Å². The van der Waals surface area contributed by atoms with Gasteiger partial charge in [-0.1, -0.05) is 31.2 Å². The Labute approximate surface area is 90.4 Å². The Morgan fingerprint density at radius 3 is 2.40 bits per heavy atom. The molecular formula is C11H15NO2S. The molecular weight excluding hydrogens is 210 g/mol. The summed E-state index contributed by atoms with van der Waals surface area (Å²) >= 11 is 0. The van der Waals surface area contributed by atoms with Crippen molar-refractivity contribution in [2.24, 2.45) is 5.14 Å². The highest BCUT2D eigenvalue weighted by molar-refractivity contribution is 7.89. The fourth-order valence-electron chi connectivity index (χ4n) is 2.31. The van der Waals surface area contributed by atoms with Gasteiger partial charge in [-0.3, -0.25) is 0 Å². The molecule has 0 bridgehead atoms. The summed E-state index contributed by atoms with van der Waals surface area (Å²) in [5.74, 6) is 0.430. The van der Waals surface area contributed by atoms with E-state index in [1.807, 2.05) is 24.3 Å². The normalized spacial score (nSPS) is 26.0. The maximum Gasteiger partial charge on any atom is 0.216 e. The average molecular weight is 225 g/mol. The van der Waals surface area contributed by atoms with Gasteiger partial charge < -0.3 is 0 Å². The summed E-state index contributed by atoms with van der Waals surface area (Å²) in [5, 5.41) is 4.73. The van der Waals surface area contributed by atoms with Crippen LogP contribution in [0.3, 0.4) is 0 Å². The lowest BCUT2D eigenvalue weighted by Crippen LogP contribution is -2.26. The summed E-state index contributed by atoms with van der Waals surface area (Å²) in [6, 6.07) is 7.69. The first-order valence-corrected chi connectivity index (χ1v) is 6.71. The van der Waals surface area contributed by atoms with E-state index in [-0.39, 0.29) is 0 Å². The second kappa shape index (κ2) is 3.61. The quantitative estimate of drug-likeness (QED) is 0.793. The summed E-state index contributed by atoms with van der Waals surface area (Å²) in [5.41, 5.74) is 2.02. The van der Waals surface area contributed by atoms with Crippen LogP contribution in [0.5, 0.6) is 0 Å². The first-order valence-electron chi connectivity index (χ1n) is 5.10. The lowest BCUT2D eigenvalue weighted by Gasteiger charge is -2.28. The first-order chi connectivity index (χ1) is 7.00. The lowest BCUT2D eigenvalue weighted by molar-refractivity contribution is 0.535. The fraction of sp³-hybridized carbons (Fsp3) is 0.455. The van der Waals surface area contributed by atoms with Gasteiger partial charge in [0.05, 0.1) is 0 Å². The number of rotatable bonds is 1. The van der Waals surface area contributed by atoms with Gasteiger partial charge in [0.2, 0.25) is 10.0 Å². The van der Waals surface area contributed by atoms with Gasteiger partial charge in [-0.25, -0.2) is 13.6 Å². The molecule has 0 aromatic heterocycles. The van der Waals surface area contributed by atoms with Gasteiger partial charge in [0, 0.05) is 0 Å². The van der Waals surface area contributed by atoms with Crippen molar-refractivity contribution >= 4 is 10.0 Å². The molecule has 0 saturated heterocycles. The number of benzene rings is 1. The number of fused-ring (bicyclic) bond motifs is 1. The SMILES string of the molecule is CC1CCC(S(N)(=O)=O)c2ccccc21. The molecule has 2 rings (SSSR count). The monoisotopic (exact) mass is 225 g/mol. The van der Waals surface area contributed by atoms with E-state index in [1.165, 1.54) is 0 Å². The van der Waals surface area contributed by atoms with Crippen LogP contribution < -0.4 is 5.14 Å². The Balaban J connectivity index is 2.54. The molecule has 3 nitrogen and oxygen atoms in total. The molecule has 4 heteroatoms. The molecule has 0 aliphatic heterocycles. The Bertz CT molecular complexity index is 467. The van der Waals surface area contributed by atoms with Crippen LogP contribution in [0.25, 0.3) is 0 Å². The molecule has 0 heterocycles. The Hall–Kier alpha value is -0.870. The van der Waals surface area contributed by atoms with Crippen LogP contribution in [0.15, 0.2) is 24.3 Å². The van der Waals surface area contributed by atoms with Gasteiger partial charge in [-0.05, 0) is 29.9 Å². The van der Waals surface area contributed by atoms with Crippen LogP contribution >= 0.6 is 0 Å². The summed E-state index contributed by atoms with van der Waals surface area (Å²) < 4.78 is 22.9. The summed E-state index contributed by atoms with van der Waals surface area (Å²) in [6.07, 6.45) is 1.52. The third-order valence-electron chi connectivity index (χ3n) is 3.13. The van der Waals surface area contributed by atoms with E-state index >= 15 is 0 Å². The zero-order chi connectivity index (χ0) is 11.1. The second-order valence-electron chi connectivity index (χ2n) is 4.18. The molecule has 2 unspecified atom stereocenters. The van der Waals surface area contributed by atoms with Gasteiger partial charge in [0.15, 0.2) is 0 Å². The molecule has 1 aliphatic carbocycles. The van der Waals surface area contributed by atoms with Crippen LogP contribution in [-0.2, 0) is 10.0 Å². The molecule has 15 heavy (non-hydrogen) atoms. The second-order valence-corrected chi connectivity index (χ2v) is 5.93. The van der Waals surface area contributed by atoms with Crippen molar-refractivity contribution < 1.29 is 8.42 Å². The van der Waals surface area contributed by atoms with E-state index < -0.39 is 15.3 Å². The van der Waals surface area contributed by atoms with Crippen molar-refractivity contribution in [3.8, 4) is 0 Å². The molecule has 82 valence electrons. The third-order valence-corrected chi connectivity index (χ3v) is 4.42. The summed E-state index contributed by atoms with van der Waals surface area (Å²) in [7, 11) is -3.46. The van der Waals surface area contributed by atoms with Gasteiger partial charge >= 0.3 is 0 Å². The Kier molecular flexibility index (Phi) is 2.56. The molecule has 0 saturated carbocycles. The number of hydrogen-bond acceptors (Lipinski definition) is 2. The van der Waals surface area contributed by atoms with Crippen molar-refractivity contribution in [2.45, 2.75) is 30.9 Å². The predicted molar refractivity (Wildman–Crippen MR) is 59.9 cm³/mol. The molecule has 0 radical (unpaired) electrons. The van der Waals surface area contributed by atoms with Crippen LogP contribution in [0.2, 0.25) is 0 Å². The van der Waals surface area contributed by atoms with Crippen molar-refractivity contribution in [3.63, 3.8) is 0 Å². The largest absolute Gasteiger partial charge is 0.228 e. The van der Waals surface area contributed by atoms with Crippen molar-refractivity contribution in [1.29, 1.82) is 0 Å². The van der Waals surface area contributed by atoms with E-state index in [9.17, 15) is 8.42 Å². The third kappa shape index (κ3) is 1.92. The van der Waals surface area contributed by atoms with Gasteiger partial charge in [-0.15, -0.1) is 0 Å². The first kappa shape index (κ1) is 10.6. The smallest absolute Gasteiger partial charge is 0.216 e. The maximum atomic E-state index is 11.4. The Morgan fingerprint density at radius 2 is 1.80 bits per heavy atom. The molecule has 2 N–H and O–H groups in total. The molecule has 2 atom stereocenters. The van der Waals surface area contributed by atoms with Gasteiger partial charge in [0.1, 0.15) is 5.25 Å². The minimum Gasteiger partial charge on any atom is -0.228 e. The molecule has 1 aromatic carbocycles. The van der Waals surface area contributed by atoms with Crippen molar-refractivity contribution in [2.75, 3.05) is 0 Å².